The standard InChI is InChI=1S/C21H15N3O/c1-22-17-6-3-5-14(11-17)15-8-9-16-13-24(2)21(25)20-18(19(16)12-15)7-4-10-23-20/h3-12H,13H2,2H3. The van der Waals surface area contributed by atoms with Gasteiger partial charge in [-0.1, -0.05) is 36.4 Å². The Morgan fingerprint density at radius 3 is 2.72 bits per heavy atom. The molecule has 0 atom stereocenters. The van der Waals surface area contributed by atoms with Crippen LogP contribution >= 0.6 is 0 Å². The van der Waals surface area contributed by atoms with E-state index in [-0.39, 0.29) is 5.91 Å². The van der Waals surface area contributed by atoms with Crippen LogP contribution in [0.4, 0.5) is 5.69 Å². The maximum atomic E-state index is 12.6. The summed E-state index contributed by atoms with van der Waals surface area (Å²) < 4.78 is 0. The van der Waals surface area contributed by atoms with Gasteiger partial charge >= 0.3 is 0 Å². The molecule has 4 rings (SSSR count). The van der Waals surface area contributed by atoms with Gasteiger partial charge in [0.05, 0.1) is 6.57 Å². The predicted octanol–water partition coefficient (Wildman–Crippen LogP) is 4.55. The number of carbonyl (C=O) groups excluding carboxylic acids is 1. The molecule has 1 aliphatic heterocycles. The molecule has 0 radical (unpaired) electrons. The molecule has 0 aliphatic carbocycles. The summed E-state index contributed by atoms with van der Waals surface area (Å²) in [4.78, 5) is 22.1. The van der Waals surface area contributed by atoms with Gasteiger partial charge in [0.1, 0.15) is 5.69 Å². The highest BCUT2D eigenvalue weighted by Crippen LogP contribution is 2.35. The molecule has 1 amide bonds. The highest BCUT2D eigenvalue weighted by Gasteiger charge is 2.24. The maximum Gasteiger partial charge on any atom is 0.273 e. The lowest BCUT2D eigenvalue weighted by Crippen LogP contribution is -2.25. The fraction of sp³-hybridized carbons (Fsp3) is 0.0952. The van der Waals surface area contributed by atoms with Crippen LogP contribution in [0, 0.1) is 6.57 Å². The average Bonchev–Trinajstić information content (AvgIpc) is 2.77. The molecule has 0 bridgehead atoms. The first-order valence-corrected chi connectivity index (χ1v) is 7.99. The third-order valence-corrected chi connectivity index (χ3v) is 4.47. The monoisotopic (exact) mass is 325 g/mol. The molecular formula is C21H15N3O. The minimum Gasteiger partial charge on any atom is -0.336 e. The van der Waals surface area contributed by atoms with E-state index in [1.807, 2.05) is 36.4 Å². The largest absolute Gasteiger partial charge is 0.336 e. The molecule has 3 aromatic rings. The number of aromatic nitrogens is 1. The summed E-state index contributed by atoms with van der Waals surface area (Å²) in [5.74, 6) is -0.0663. The van der Waals surface area contributed by atoms with Gasteiger partial charge in [0.15, 0.2) is 5.69 Å². The average molecular weight is 325 g/mol. The van der Waals surface area contributed by atoms with Gasteiger partial charge in [0, 0.05) is 25.4 Å². The molecule has 1 aromatic heterocycles. The van der Waals surface area contributed by atoms with Crippen molar-refractivity contribution in [3.8, 4) is 22.3 Å². The molecule has 0 fully saturated rings. The Bertz CT molecular complexity index is 1030. The lowest BCUT2D eigenvalue weighted by molar-refractivity contribution is 0.0783. The van der Waals surface area contributed by atoms with E-state index in [4.69, 9.17) is 6.57 Å². The van der Waals surface area contributed by atoms with Gasteiger partial charge in [-0.2, -0.15) is 0 Å². The predicted molar refractivity (Wildman–Crippen MR) is 97.2 cm³/mol. The number of hydrogen-bond donors (Lipinski definition) is 0. The van der Waals surface area contributed by atoms with E-state index in [1.165, 1.54) is 0 Å². The first-order valence-electron chi connectivity index (χ1n) is 7.99. The minimum absolute atomic E-state index is 0.0663. The Morgan fingerprint density at radius 2 is 1.88 bits per heavy atom. The third-order valence-electron chi connectivity index (χ3n) is 4.47. The van der Waals surface area contributed by atoms with Gasteiger partial charge in [0.2, 0.25) is 0 Å². The highest BCUT2D eigenvalue weighted by atomic mass is 16.2. The quantitative estimate of drug-likeness (QED) is 0.615. The van der Waals surface area contributed by atoms with Crippen molar-refractivity contribution in [2.45, 2.75) is 6.54 Å². The number of fused-ring (bicyclic) bond motifs is 3. The van der Waals surface area contributed by atoms with E-state index < -0.39 is 0 Å². The summed E-state index contributed by atoms with van der Waals surface area (Å²) in [6.45, 7) is 7.75. The van der Waals surface area contributed by atoms with E-state index in [1.54, 1.807) is 24.2 Å². The van der Waals surface area contributed by atoms with Crippen molar-refractivity contribution in [3.05, 3.63) is 83.5 Å². The van der Waals surface area contributed by atoms with Gasteiger partial charge < -0.3 is 4.90 Å². The number of rotatable bonds is 1. The second-order valence-corrected chi connectivity index (χ2v) is 6.09. The third kappa shape index (κ3) is 2.56. The number of amides is 1. The summed E-state index contributed by atoms with van der Waals surface area (Å²) in [6.07, 6.45) is 1.65. The van der Waals surface area contributed by atoms with Crippen LogP contribution in [0.2, 0.25) is 0 Å². The maximum absolute atomic E-state index is 12.6. The zero-order chi connectivity index (χ0) is 17.4. The Balaban J connectivity index is 1.92. The van der Waals surface area contributed by atoms with Crippen molar-refractivity contribution in [1.82, 2.24) is 9.88 Å². The van der Waals surface area contributed by atoms with Crippen LogP contribution in [0.3, 0.4) is 0 Å². The lowest BCUT2D eigenvalue weighted by atomic mass is 9.94. The Labute approximate surface area is 146 Å². The highest BCUT2D eigenvalue weighted by molar-refractivity contribution is 6.00. The van der Waals surface area contributed by atoms with Gasteiger partial charge in [-0.3, -0.25) is 9.78 Å². The van der Waals surface area contributed by atoms with Crippen molar-refractivity contribution < 1.29 is 4.79 Å². The summed E-state index contributed by atoms with van der Waals surface area (Å²) in [5, 5.41) is 0. The van der Waals surface area contributed by atoms with Crippen LogP contribution in [0.5, 0.6) is 0 Å². The zero-order valence-electron chi connectivity index (χ0n) is 13.7. The normalized spacial score (nSPS) is 12.8. The second-order valence-electron chi connectivity index (χ2n) is 6.09. The molecule has 2 aromatic carbocycles. The van der Waals surface area contributed by atoms with Gasteiger partial charge in [-0.15, -0.1) is 0 Å². The number of pyridine rings is 1. The first kappa shape index (κ1) is 15.1. The molecule has 4 heteroatoms. The smallest absolute Gasteiger partial charge is 0.273 e. The van der Waals surface area contributed by atoms with E-state index in [0.29, 0.717) is 17.9 Å². The Kier molecular flexibility index (Phi) is 3.55. The van der Waals surface area contributed by atoms with E-state index in [9.17, 15) is 4.79 Å². The van der Waals surface area contributed by atoms with Crippen LogP contribution in [0.1, 0.15) is 16.1 Å². The topological polar surface area (TPSA) is 37.6 Å². The number of carbonyl (C=O) groups is 1. The molecule has 120 valence electrons. The Hall–Kier alpha value is -3.45. The summed E-state index contributed by atoms with van der Waals surface area (Å²) >= 11 is 0. The molecule has 1 aliphatic rings. The van der Waals surface area contributed by atoms with E-state index in [2.05, 4.69) is 22.0 Å². The van der Waals surface area contributed by atoms with Gasteiger partial charge in [0.25, 0.3) is 5.91 Å². The van der Waals surface area contributed by atoms with Crippen LogP contribution in [0.25, 0.3) is 27.1 Å². The van der Waals surface area contributed by atoms with Crippen molar-refractivity contribution in [2.75, 3.05) is 7.05 Å². The molecule has 0 saturated carbocycles. The Morgan fingerprint density at radius 1 is 1.04 bits per heavy atom. The molecular weight excluding hydrogens is 310 g/mol. The van der Waals surface area contributed by atoms with Crippen molar-refractivity contribution in [1.29, 1.82) is 0 Å². The number of nitrogens with zero attached hydrogens (tertiary/aromatic N) is 3. The number of benzene rings is 2. The zero-order valence-corrected chi connectivity index (χ0v) is 13.7. The second kappa shape index (κ2) is 5.88. The van der Waals surface area contributed by atoms with Gasteiger partial charge in [-0.05, 0) is 40.5 Å². The van der Waals surface area contributed by atoms with E-state index >= 15 is 0 Å². The molecule has 0 saturated heterocycles. The summed E-state index contributed by atoms with van der Waals surface area (Å²) in [7, 11) is 1.79. The fourth-order valence-electron chi connectivity index (χ4n) is 3.20. The molecule has 2 heterocycles. The molecule has 25 heavy (non-hydrogen) atoms. The van der Waals surface area contributed by atoms with Crippen LogP contribution in [0.15, 0.2) is 60.8 Å². The van der Waals surface area contributed by atoms with E-state index in [0.717, 1.165) is 27.8 Å². The van der Waals surface area contributed by atoms with Gasteiger partial charge in [-0.25, -0.2) is 4.85 Å². The molecule has 0 spiro atoms. The molecule has 0 N–H and O–H groups in total. The van der Waals surface area contributed by atoms with Crippen molar-refractivity contribution >= 4 is 11.6 Å². The van der Waals surface area contributed by atoms with Crippen molar-refractivity contribution in [2.24, 2.45) is 0 Å². The lowest BCUT2D eigenvalue weighted by Gasteiger charge is -2.14. The SMILES string of the molecule is [C-]#[N+]c1cccc(-c2ccc3c(c2)-c2cccnc2C(=O)N(C)C3)c1. The van der Waals surface area contributed by atoms with Crippen LogP contribution in [-0.2, 0) is 6.54 Å². The molecule has 0 unspecified atom stereocenters. The first-order chi connectivity index (χ1) is 12.2. The van der Waals surface area contributed by atoms with Crippen molar-refractivity contribution in [3.63, 3.8) is 0 Å². The van der Waals surface area contributed by atoms with Crippen LogP contribution < -0.4 is 0 Å². The summed E-state index contributed by atoms with van der Waals surface area (Å²) in [6, 6.07) is 17.5. The molecule has 4 nitrogen and oxygen atoms in total. The number of hydrogen-bond acceptors (Lipinski definition) is 2. The minimum atomic E-state index is -0.0663. The summed E-state index contributed by atoms with van der Waals surface area (Å²) in [5.41, 5.74) is 6.08. The fourth-order valence-corrected chi connectivity index (χ4v) is 3.20. The van der Waals surface area contributed by atoms with Crippen LogP contribution in [-0.4, -0.2) is 22.8 Å².